The lowest BCUT2D eigenvalue weighted by Crippen LogP contribution is -2.40. The number of aromatic nitrogens is 1. The molecular formula is C11H18BrN3O2. The molecule has 0 aliphatic carbocycles. The minimum Gasteiger partial charge on any atom is -0.382 e. The van der Waals surface area contributed by atoms with Crippen LogP contribution in [0.5, 0.6) is 0 Å². The number of hydrogen-bond donors (Lipinski definition) is 2. The molecule has 1 aromatic heterocycles. The summed E-state index contributed by atoms with van der Waals surface area (Å²) in [4.78, 5) is 4.11. The smallest absolute Gasteiger partial charge is 0.0701 e. The van der Waals surface area contributed by atoms with Gasteiger partial charge in [0.2, 0.25) is 0 Å². The lowest BCUT2D eigenvalue weighted by atomic mass is 10.1. The Morgan fingerprint density at radius 2 is 2.29 bits per heavy atom. The second kappa shape index (κ2) is 8.54. The molecule has 5 nitrogen and oxygen atoms in total. The fraction of sp³-hybridized carbons (Fsp3) is 0.545. The van der Waals surface area contributed by atoms with E-state index in [1.54, 1.807) is 13.3 Å². The first-order valence-corrected chi connectivity index (χ1v) is 6.17. The molecule has 3 N–H and O–H groups in total. The molecule has 0 aliphatic rings. The zero-order chi connectivity index (χ0) is 12.5. The molecule has 6 heteroatoms. The van der Waals surface area contributed by atoms with Crippen molar-refractivity contribution < 1.29 is 9.47 Å². The highest BCUT2D eigenvalue weighted by molar-refractivity contribution is 9.10. The first kappa shape index (κ1) is 14.5. The zero-order valence-corrected chi connectivity index (χ0v) is 11.4. The number of ether oxygens (including phenoxy) is 2. The summed E-state index contributed by atoms with van der Waals surface area (Å²) in [6, 6.07) is 2.09. The Balaban J connectivity index is 2.35. The van der Waals surface area contributed by atoms with Gasteiger partial charge < -0.3 is 9.47 Å². The summed E-state index contributed by atoms with van der Waals surface area (Å²) < 4.78 is 11.3. The van der Waals surface area contributed by atoms with Gasteiger partial charge in [0.05, 0.1) is 19.8 Å². The van der Waals surface area contributed by atoms with Crippen LogP contribution < -0.4 is 11.3 Å². The van der Waals surface area contributed by atoms with E-state index in [0.29, 0.717) is 19.8 Å². The Labute approximate surface area is 110 Å². The van der Waals surface area contributed by atoms with Crippen LogP contribution in [0, 0.1) is 0 Å². The fourth-order valence-electron chi connectivity index (χ4n) is 1.39. The van der Waals surface area contributed by atoms with Crippen molar-refractivity contribution in [2.24, 2.45) is 5.84 Å². The van der Waals surface area contributed by atoms with Crippen LogP contribution >= 0.6 is 15.9 Å². The molecule has 1 heterocycles. The zero-order valence-electron chi connectivity index (χ0n) is 9.86. The normalized spacial score (nSPS) is 12.6. The van der Waals surface area contributed by atoms with Crippen LogP contribution in [0.1, 0.15) is 5.56 Å². The molecule has 0 saturated heterocycles. The summed E-state index contributed by atoms with van der Waals surface area (Å²) in [5.41, 5.74) is 3.85. The molecule has 0 bridgehead atoms. The minimum atomic E-state index is 0.0722. The number of hydrazine groups is 1. The Morgan fingerprint density at radius 3 is 2.94 bits per heavy atom. The van der Waals surface area contributed by atoms with Gasteiger partial charge in [-0.25, -0.2) is 0 Å². The number of methoxy groups -OCH3 is 1. The fourth-order valence-corrected chi connectivity index (χ4v) is 1.80. The van der Waals surface area contributed by atoms with Crippen molar-refractivity contribution in [2.45, 2.75) is 12.5 Å². The van der Waals surface area contributed by atoms with Crippen LogP contribution in [0.4, 0.5) is 0 Å². The van der Waals surface area contributed by atoms with Crippen LogP contribution in [0.3, 0.4) is 0 Å². The van der Waals surface area contributed by atoms with Crippen LogP contribution in [0.25, 0.3) is 0 Å². The van der Waals surface area contributed by atoms with Gasteiger partial charge in [-0.3, -0.25) is 16.3 Å². The van der Waals surface area contributed by atoms with Crippen LogP contribution in [-0.4, -0.2) is 38.0 Å². The number of pyridine rings is 1. The van der Waals surface area contributed by atoms with Crippen molar-refractivity contribution in [3.8, 4) is 0 Å². The Kier molecular flexibility index (Phi) is 7.30. The molecule has 0 radical (unpaired) electrons. The van der Waals surface area contributed by atoms with Crippen LogP contribution in [0.15, 0.2) is 22.9 Å². The molecule has 0 aliphatic heterocycles. The van der Waals surface area contributed by atoms with E-state index in [4.69, 9.17) is 15.3 Å². The number of rotatable bonds is 8. The molecule has 0 fully saturated rings. The monoisotopic (exact) mass is 303 g/mol. The van der Waals surface area contributed by atoms with Gasteiger partial charge in [0, 0.05) is 30.0 Å². The molecule has 1 aromatic rings. The number of nitrogens with two attached hydrogens (primary N) is 1. The van der Waals surface area contributed by atoms with Crippen molar-refractivity contribution in [1.29, 1.82) is 0 Å². The minimum absolute atomic E-state index is 0.0722. The molecular weight excluding hydrogens is 286 g/mol. The van der Waals surface area contributed by atoms with Gasteiger partial charge in [-0.15, -0.1) is 0 Å². The van der Waals surface area contributed by atoms with E-state index >= 15 is 0 Å². The highest BCUT2D eigenvalue weighted by Crippen LogP contribution is 2.11. The first-order valence-electron chi connectivity index (χ1n) is 5.38. The Morgan fingerprint density at radius 1 is 1.47 bits per heavy atom. The third-order valence-corrected chi connectivity index (χ3v) is 2.66. The maximum Gasteiger partial charge on any atom is 0.0701 e. The van der Waals surface area contributed by atoms with E-state index in [-0.39, 0.29) is 6.04 Å². The number of halogens is 1. The standard InChI is InChI=1S/C11H18BrN3O2/c1-16-2-3-17-8-11(15-13)5-9-4-10(12)7-14-6-9/h4,6-7,11,15H,2-3,5,8,13H2,1H3. The summed E-state index contributed by atoms with van der Waals surface area (Å²) >= 11 is 3.39. The first-order chi connectivity index (χ1) is 8.26. The number of hydrogen-bond acceptors (Lipinski definition) is 5. The van der Waals surface area contributed by atoms with Gasteiger partial charge in [0.1, 0.15) is 0 Å². The van der Waals surface area contributed by atoms with Crippen LogP contribution in [-0.2, 0) is 15.9 Å². The van der Waals surface area contributed by atoms with Gasteiger partial charge in [0.15, 0.2) is 0 Å². The second-order valence-electron chi connectivity index (χ2n) is 3.65. The largest absolute Gasteiger partial charge is 0.382 e. The van der Waals surface area contributed by atoms with E-state index in [2.05, 4.69) is 26.3 Å². The van der Waals surface area contributed by atoms with Crippen molar-refractivity contribution in [1.82, 2.24) is 10.4 Å². The molecule has 0 saturated carbocycles. The van der Waals surface area contributed by atoms with E-state index in [0.717, 1.165) is 16.5 Å². The molecule has 0 amide bonds. The predicted octanol–water partition coefficient (Wildman–Crippen LogP) is 0.882. The van der Waals surface area contributed by atoms with Gasteiger partial charge in [-0.1, -0.05) is 0 Å². The van der Waals surface area contributed by atoms with Crippen molar-refractivity contribution >= 4 is 15.9 Å². The van der Waals surface area contributed by atoms with E-state index in [1.165, 1.54) is 0 Å². The molecule has 0 aromatic carbocycles. The number of nitrogens with one attached hydrogen (secondary N) is 1. The third-order valence-electron chi connectivity index (χ3n) is 2.23. The summed E-state index contributed by atoms with van der Waals surface area (Å²) in [5, 5.41) is 0. The maximum atomic E-state index is 5.48. The van der Waals surface area contributed by atoms with Gasteiger partial charge in [-0.05, 0) is 34.0 Å². The maximum absolute atomic E-state index is 5.48. The molecule has 1 unspecified atom stereocenters. The highest BCUT2D eigenvalue weighted by atomic mass is 79.9. The Hall–Kier alpha value is -0.530. The van der Waals surface area contributed by atoms with Crippen LogP contribution in [0.2, 0.25) is 0 Å². The molecule has 17 heavy (non-hydrogen) atoms. The van der Waals surface area contributed by atoms with Gasteiger partial charge in [0.25, 0.3) is 0 Å². The summed E-state index contributed by atoms with van der Waals surface area (Å²) in [6.45, 7) is 1.72. The topological polar surface area (TPSA) is 69.4 Å². The molecule has 1 atom stereocenters. The highest BCUT2D eigenvalue weighted by Gasteiger charge is 2.08. The lowest BCUT2D eigenvalue weighted by Gasteiger charge is -2.16. The predicted molar refractivity (Wildman–Crippen MR) is 69.4 cm³/mol. The lowest BCUT2D eigenvalue weighted by molar-refractivity contribution is 0.0587. The van der Waals surface area contributed by atoms with E-state index in [1.807, 2.05) is 12.3 Å². The quantitative estimate of drug-likeness (QED) is 0.424. The average molecular weight is 304 g/mol. The SMILES string of the molecule is COCCOCC(Cc1cncc(Br)c1)NN. The summed E-state index contributed by atoms with van der Waals surface area (Å²) in [5.74, 6) is 5.48. The molecule has 1 rings (SSSR count). The van der Waals surface area contributed by atoms with E-state index < -0.39 is 0 Å². The van der Waals surface area contributed by atoms with E-state index in [9.17, 15) is 0 Å². The second-order valence-corrected chi connectivity index (χ2v) is 4.56. The number of nitrogens with zero attached hydrogens (tertiary/aromatic N) is 1. The van der Waals surface area contributed by atoms with Crippen molar-refractivity contribution in [2.75, 3.05) is 26.9 Å². The average Bonchev–Trinajstić information content (AvgIpc) is 2.33. The van der Waals surface area contributed by atoms with Gasteiger partial charge in [-0.2, -0.15) is 0 Å². The van der Waals surface area contributed by atoms with Crippen molar-refractivity contribution in [3.05, 3.63) is 28.5 Å². The summed E-state index contributed by atoms with van der Waals surface area (Å²) in [6.07, 6.45) is 4.35. The van der Waals surface area contributed by atoms with Gasteiger partial charge >= 0.3 is 0 Å². The molecule has 0 spiro atoms. The van der Waals surface area contributed by atoms with Crippen molar-refractivity contribution in [3.63, 3.8) is 0 Å². The Bertz CT molecular complexity index is 325. The molecule has 96 valence electrons. The third kappa shape index (κ3) is 6.09. The summed E-state index contributed by atoms with van der Waals surface area (Å²) in [7, 11) is 1.65.